The molecule has 28 heavy (non-hydrogen) atoms. The molecule has 1 aromatic heterocycles. The molecular weight excluding hydrogens is 352 g/mol. The van der Waals surface area contributed by atoms with E-state index in [9.17, 15) is 4.79 Å². The maximum atomic E-state index is 11.9. The molecule has 0 radical (unpaired) electrons. The Bertz CT molecular complexity index is 953. The van der Waals surface area contributed by atoms with Crippen LogP contribution >= 0.6 is 0 Å². The lowest BCUT2D eigenvalue weighted by Crippen LogP contribution is -2.41. The Morgan fingerprint density at radius 2 is 2.14 bits per heavy atom. The largest absolute Gasteiger partial charge is 0.385 e. The zero-order valence-corrected chi connectivity index (χ0v) is 16.4. The van der Waals surface area contributed by atoms with Crippen molar-refractivity contribution < 1.29 is 4.79 Å². The monoisotopic (exact) mass is 378 g/mol. The molecule has 1 fully saturated rings. The number of amidine groups is 1. The van der Waals surface area contributed by atoms with Gasteiger partial charge in [0.15, 0.2) is 0 Å². The predicted molar refractivity (Wildman–Crippen MR) is 110 cm³/mol. The van der Waals surface area contributed by atoms with Crippen LogP contribution in [0.4, 0.5) is 5.69 Å². The minimum Gasteiger partial charge on any atom is -0.385 e. The minimum absolute atomic E-state index is 0.0642. The van der Waals surface area contributed by atoms with Gasteiger partial charge in [-0.15, -0.1) is 0 Å². The van der Waals surface area contributed by atoms with Crippen molar-refractivity contribution in [1.29, 1.82) is 0 Å². The van der Waals surface area contributed by atoms with Crippen LogP contribution in [-0.2, 0) is 11.8 Å². The van der Waals surface area contributed by atoms with Crippen LogP contribution in [0.5, 0.6) is 0 Å². The fourth-order valence-corrected chi connectivity index (χ4v) is 3.43. The molecule has 4 rings (SSSR count). The zero-order valence-electron chi connectivity index (χ0n) is 16.4. The number of hydrogen-bond donors (Lipinski definition) is 2. The van der Waals surface area contributed by atoms with Gasteiger partial charge in [0.25, 0.3) is 0 Å². The number of amides is 1. The van der Waals surface area contributed by atoms with Crippen molar-refractivity contribution in [3.63, 3.8) is 0 Å². The summed E-state index contributed by atoms with van der Waals surface area (Å²) in [6.07, 6.45) is 6.97. The number of carbonyl (C=O) groups is 1. The van der Waals surface area contributed by atoms with Gasteiger partial charge in [-0.3, -0.25) is 9.48 Å². The highest BCUT2D eigenvalue weighted by atomic mass is 16.2. The van der Waals surface area contributed by atoms with Crippen LogP contribution in [0, 0.1) is 0 Å². The first kappa shape index (κ1) is 18.3. The van der Waals surface area contributed by atoms with Gasteiger partial charge in [-0.2, -0.15) is 5.10 Å². The molecular formula is C21H26N6O. The zero-order chi connectivity index (χ0) is 19.7. The summed E-state index contributed by atoms with van der Waals surface area (Å²) in [6, 6.07) is 8.48. The molecule has 0 saturated heterocycles. The second-order valence-electron chi connectivity index (χ2n) is 7.52. The van der Waals surface area contributed by atoms with Gasteiger partial charge >= 0.3 is 0 Å². The maximum absolute atomic E-state index is 11.9. The SMILES string of the molecule is CC(=O)N1CCC(NC2CC2)=C(C(N)=Nc2cccc(-c3cnn(C)c3)c2)C1. The number of aliphatic imine (C=N–C) groups is 1. The van der Waals surface area contributed by atoms with Gasteiger partial charge in [0, 0.05) is 56.0 Å². The number of nitrogens with zero attached hydrogens (tertiary/aromatic N) is 4. The predicted octanol–water partition coefficient (Wildman–Crippen LogP) is 2.33. The van der Waals surface area contributed by atoms with E-state index in [1.807, 2.05) is 48.6 Å². The Morgan fingerprint density at radius 3 is 2.82 bits per heavy atom. The Balaban J connectivity index is 1.63. The molecule has 2 heterocycles. The first-order chi connectivity index (χ1) is 13.5. The molecule has 1 aliphatic heterocycles. The molecule has 1 amide bonds. The third-order valence-corrected chi connectivity index (χ3v) is 5.19. The van der Waals surface area contributed by atoms with E-state index in [4.69, 9.17) is 5.73 Å². The molecule has 0 unspecified atom stereocenters. The van der Waals surface area contributed by atoms with Gasteiger partial charge in [-0.25, -0.2) is 4.99 Å². The number of hydrogen-bond acceptors (Lipinski definition) is 4. The summed E-state index contributed by atoms with van der Waals surface area (Å²) in [7, 11) is 1.90. The number of rotatable bonds is 5. The smallest absolute Gasteiger partial charge is 0.219 e. The fourth-order valence-electron chi connectivity index (χ4n) is 3.43. The first-order valence-corrected chi connectivity index (χ1v) is 9.67. The molecule has 0 bridgehead atoms. The van der Waals surface area contributed by atoms with Crippen LogP contribution in [0.25, 0.3) is 11.1 Å². The second-order valence-corrected chi connectivity index (χ2v) is 7.52. The minimum atomic E-state index is 0.0642. The normalized spacial score (nSPS) is 17.8. The van der Waals surface area contributed by atoms with E-state index in [0.29, 0.717) is 18.4 Å². The molecule has 146 valence electrons. The summed E-state index contributed by atoms with van der Waals surface area (Å²) in [5, 5.41) is 7.81. The molecule has 2 aliphatic rings. The summed E-state index contributed by atoms with van der Waals surface area (Å²) >= 11 is 0. The Kier molecular flexibility index (Phi) is 4.90. The van der Waals surface area contributed by atoms with Crippen LogP contribution in [0.1, 0.15) is 26.2 Å². The number of nitrogens with one attached hydrogen (secondary N) is 1. The summed E-state index contributed by atoms with van der Waals surface area (Å²) in [5.74, 6) is 0.534. The topological polar surface area (TPSA) is 88.5 Å². The van der Waals surface area contributed by atoms with E-state index >= 15 is 0 Å². The standard InChI is InChI=1S/C21H26N6O/c1-14(28)27-9-8-20(24-17-6-7-17)19(13-27)21(22)25-18-5-3-4-15(10-18)16-11-23-26(2)12-16/h3-5,10-12,17,24H,6-9,13H2,1-2H3,(H2,22,25). The fraction of sp³-hybridized carbons (Fsp3) is 0.381. The third kappa shape index (κ3) is 4.08. The van der Waals surface area contributed by atoms with Crippen molar-refractivity contribution in [3.8, 4) is 11.1 Å². The van der Waals surface area contributed by atoms with Crippen LogP contribution in [-0.4, -0.2) is 45.6 Å². The van der Waals surface area contributed by atoms with Crippen molar-refractivity contribution in [3.05, 3.63) is 47.9 Å². The number of aromatic nitrogens is 2. The molecule has 2 aromatic rings. The van der Waals surface area contributed by atoms with E-state index in [1.165, 1.54) is 12.8 Å². The Hall–Kier alpha value is -3.09. The van der Waals surface area contributed by atoms with Crippen molar-refractivity contribution in [2.45, 2.75) is 32.2 Å². The Morgan fingerprint density at radius 1 is 1.32 bits per heavy atom. The number of carbonyl (C=O) groups excluding carboxylic acids is 1. The summed E-state index contributed by atoms with van der Waals surface area (Å²) in [4.78, 5) is 18.4. The van der Waals surface area contributed by atoms with Gasteiger partial charge in [0.1, 0.15) is 5.84 Å². The quantitative estimate of drug-likeness (QED) is 0.617. The van der Waals surface area contributed by atoms with Gasteiger partial charge in [-0.05, 0) is 30.5 Å². The number of nitrogens with two attached hydrogens (primary N) is 1. The lowest BCUT2D eigenvalue weighted by atomic mass is 10.0. The van der Waals surface area contributed by atoms with Gasteiger partial charge in [0.05, 0.1) is 18.4 Å². The highest BCUT2D eigenvalue weighted by Crippen LogP contribution is 2.27. The molecule has 1 saturated carbocycles. The van der Waals surface area contributed by atoms with E-state index in [2.05, 4.69) is 15.4 Å². The second kappa shape index (κ2) is 7.50. The van der Waals surface area contributed by atoms with Crippen LogP contribution in [0.2, 0.25) is 0 Å². The molecule has 7 nitrogen and oxygen atoms in total. The molecule has 7 heteroatoms. The summed E-state index contributed by atoms with van der Waals surface area (Å²) in [6.45, 7) is 2.82. The van der Waals surface area contributed by atoms with Crippen molar-refractivity contribution in [2.75, 3.05) is 13.1 Å². The lowest BCUT2D eigenvalue weighted by Gasteiger charge is -2.30. The first-order valence-electron chi connectivity index (χ1n) is 9.67. The van der Waals surface area contributed by atoms with Crippen LogP contribution < -0.4 is 11.1 Å². The van der Waals surface area contributed by atoms with Gasteiger partial charge in [0.2, 0.25) is 5.91 Å². The van der Waals surface area contributed by atoms with Crippen molar-refractivity contribution in [2.24, 2.45) is 17.8 Å². The van der Waals surface area contributed by atoms with E-state index in [-0.39, 0.29) is 5.91 Å². The summed E-state index contributed by atoms with van der Waals surface area (Å²) in [5.41, 5.74) is 11.3. The molecule has 0 spiro atoms. The average molecular weight is 378 g/mol. The van der Waals surface area contributed by atoms with Crippen molar-refractivity contribution >= 4 is 17.4 Å². The average Bonchev–Trinajstić information content (AvgIpc) is 3.39. The van der Waals surface area contributed by atoms with Crippen LogP contribution in [0.15, 0.2) is 52.9 Å². The number of aryl methyl sites for hydroxylation is 1. The maximum Gasteiger partial charge on any atom is 0.219 e. The van der Waals surface area contributed by atoms with Gasteiger partial charge in [-0.1, -0.05) is 12.1 Å². The van der Waals surface area contributed by atoms with E-state index in [1.54, 1.807) is 11.6 Å². The molecule has 1 aliphatic carbocycles. The third-order valence-electron chi connectivity index (χ3n) is 5.19. The summed E-state index contributed by atoms with van der Waals surface area (Å²) < 4.78 is 1.78. The van der Waals surface area contributed by atoms with Crippen LogP contribution in [0.3, 0.4) is 0 Å². The lowest BCUT2D eigenvalue weighted by molar-refractivity contribution is -0.128. The number of benzene rings is 1. The van der Waals surface area contributed by atoms with E-state index in [0.717, 1.165) is 41.1 Å². The van der Waals surface area contributed by atoms with Gasteiger partial charge < -0.3 is 16.0 Å². The Labute approximate surface area is 164 Å². The molecule has 1 aromatic carbocycles. The van der Waals surface area contributed by atoms with E-state index < -0.39 is 0 Å². The molecule has 3 N–H and O–H groups in total. The highest BCUT2D eigenvalue weighted by Gasteiger charge is 2.28. The molecule has 0 atom stereocenters. The highest BCUT2D eigenvalue weighted by molar-refractivity contribution is 6.00. The van der Waals surface area contributed by atoms with Crippen molar-refractivity contribution in [1.82, 2.24) is 20.0 Å².